The van der Waals surface area contributed by atoms with E-state index < -0.39 is 49.0 Å². The molecule has 1 heterocycles. The second-order valence-electron chi connectivity index (χ2n) is 5.15. The van der Waals surface area contributed by atoms with Gasteiger partial charge in [-0.1, -0.05) is 0 Å². The van der Waals surface area contributed by atoms with E-state index in [9.17, 15) is 28.8 Å². The monoisotopic (exact) mass is 320 g/mol. The van der Waals surface area contributed by atoms with Crippen molar-refractivity contribution in [3.63, 3.8) is 0 Å². The number of fused-ring (bicyclic) bond motifs is 3. The van der Waals surface area contributed by atoms with Gasteiger partial charge in [0.2, 0.25) is 32.6 Å². The van der Waals surface area contributed by atoms with Gasteiger partial charge in [0.05, 0.1) is 5.39 Å². The molecule has 0 aliphatic heterocycles. The minimum atomic E-state index is -1.11. The molecule has 8 nitrogen and oxygen atoms in total. The Bertz CT molecular complexity index is 1520. The number of nitrogens with zero attached hydrogens (tertiary/aromatic N) is 2. The Morgan fingerprint density at radius 2 is 1.00 bits per heavy atom. The van der Waals surface area contributed by atoms with E-state index in [1.807, 2.05) is 0 Å². The molecule has 114 valence electrons. The molecule has 0 fully saturated rings. The van der Waals surface area contributed by atoms with Crippen LogP contribution in [0.1, 0.15) is 0 Å². The van der Waals surface area contributed by atoms with Crippen LogP contribution in [-0.4, -0.2) is 9.97 Å². The zero-order chi connectivity index (χ0) is 17.2. The maximum atomic E-state index is 12.5. The van der Waals surface area contributed by atoms with Crippen molar-refractivity contribution in [3.8, 4) is 0 Å². The van der Waals surface area contributed by atoms with Crippen LogP contribution in [0.4, 0.5) is 0 Å². The van der Waals surface area contributed by atoms with Gasteiger partial charge >= 0.3 is 0 Å². The third-order valence-electron chi connectivity index (χ3n) is 3.77. The van der Waals surface area contributed by atoms with Crippen LogP contribution in [0, 0.1) is 0 Å². The maximum Gasteiger partial charge on any atom is 0.237 e. The Hall–Kier alpha value is -3.68. The van der Waals surface area contributed by atoms with E-state index in [2.05, 4.69) is 9.97 Å². The van der Waals surface area contributed by atoms with Crippen LogP contribution in [0.2, 0.25) is 0 Å². The third kappa shape index (κ3) is 1.62. The molecule has 0 spiro atoms. The first-order chi connectivity index (χ1) is 11.4. The normalized spacial score (nSPS) is 11.5. The van der Waals surface area contributed by atoms with Gasteiger partial charge in [0, 0.05) is 5.39 Å². The van der Waals surface area contributed by atoms with Crippen LogP contribution in [0.3, 0.4) is 0 Å². The van der Waals surface area contributed by atoms with Crippen LogP contribution in [0.5, 0.6) is 0 Å². The van der Waals surface area contributed by atoms with Crippen molar-refractivity contribution >= 4 is 32.8 Å². The Morgan fingerprint density at radius 1 is 0.500 bits per heavy atom. The highest BCUT2D eigenvalue weighted by Crippen LogP contribution is 2.08. The van der Waals surface area contributed by atoms with Gasteiger partial charge in [-0.05, 0) is 24.3 Å². The molecule has 0 aliphatic carbocycles. The fraction of sp³-hybridized carbons (Fsp3) is 0. The molecule has 0 radical (unpaired) electrons. The summed E-state index contributed by atoms with van der Waals surface area (Å²) in [6.45, 7) is 0. The molecule has 0 atom stereocenters. The van der Waals surface area contributed by atoms with Crippen LogP contribution < -0.4 is 32.6 Å². The van der Waals surface area contributed by atoms with Crippen LogP contribution in [0.15, 0.2) is 53.0 Å². The van der Waals surface area contributed by atoms with Crippen molar-refractivity contribution < 1.29 is 0 Å². The average molecular weight is 320 g/mol. The van der Waals surface area contributed by atoms with Crippen molar-refractivity contribution in [2.75, 3.05) is 0 Å². The predicted molar refractivity (Wildman–Crippen MR) is 85.7 cm³/mol. The Labute approximate surface area is 129 Å². The first-order valence-electron chi connectivity index (χ1n) is 6.69. The summed E-state index contributed by atoms with van der Waals surface area (Å²) >= 11 is 0. The molecule has 0 saturated carbocycles. The summed E-state index contributed by atoms with van der Waals surface area (Å²) in [7, 11) is 0. The van der Waals surface area contributed by atoms with Crippen molar-refractivity contribution in [3.05, 3.63) is 85.6 Å². The fourth-order valence-corrected chi connectivity index (χ4v) is 2.63. The van der Waals surface area contributed by atoms with Gasteiger partial charge in [0.1, 0.15) is 22.1 Å². The number of rotatable bonds is 0. The highest BCUT2D eigenvalue weighted by molar-refractivity contribution is 5.96. The van der Waals surface area contributed by atoms with Crippen molar-refractivity contribution in [1.29, 1.82) is 0 Å². The summed E-state index contributed by atoms with van der Waals surface area (Å²) in [6, 6.07) is 3.93. The molecular weight excluding hydrogens is 316 g/mol. The van der Waals surface area contributed by atoms with Gasteiger partial charge in [-0.15, -0.1) is 0 Å². The molecule has 0 saturated heterocycles. The summed E-state index contributed by atoms with van der Waals surface area (Å²) < 4.78 is 0. The maximum absolute atomic E-state index is 12.5. The summed E-state index contributed by atoms with van der Waals surface area (Å²) in [5, 5.41) is -0.851. The summed E-state index contributed by atoms with van der Waals surface area (Å²) in [4.78, 5) is 79.6. The Morgan fingerprint density at radius 3 is 1.58 bits per heavy atom. The second kappa shape index (κ2) is 4.42. The van der Waals surface area contributed by atoms with Gasteiger partial charge in [0.15, 0.2) is 0 Å². The summed E-state index contributed by atoms with van der Waals surface area (Å²) in [6.07, 6.45) is 0. The van der Waals surface area contributed by atoms with Crippen molar-refractivity contribution in [2.24, 2.45) is 0 Å². The largest absolute Gasteiger partial charge is 0.287 e. The van der Waals surface area contributed by atoms with Gasteiger partial charge < -0.3 is 0 Å². The lowest BCUT2D eigenvalue weighted by Crippen LogP contribution is -2.30. The van der Waals surface area contributed by atoms with E-state index in [1.54, 1.807) is 0 Å². The van der Waals surface area contributed by atoms with Crippen molar-refractivity contribution in [2.45, 2.75) is 0 Å². The lowest BCUT2D eigenvalue weighted by atomic mass is 10.1. The predicted octanol–water partition coefficient (Wildman–Crippen LogP) is -1.59. The molecule has 24 heavy (non-hydrogen) atoms. The third-order valence-corrected chi connectivity index (χ3v) is 3.77. The second-order valence-corrected chi connectivity index (χ2v) is 5.15. The molecule has 0 unspecified atom stereocenters. The standard InChI is InChI=1S/C16H4N2O6/c19-6-3-4-7(20)11-10(6)17-12-13(18-11)16(24)9-5(14(12)22)1-2-8(21)15(9)23/h1-4H. The quantitative estimate of drug-likeness (QED) is 0.280. The van der Waals surface area contributed by atoms with Gasteiger partial charge in [-0.25, -0.2) is 9.97 Å². The van der Waals surface area contributed by atoms with E-state index in [0.29, 0.717) is 0 Å². The molecule has 4 rings (SSSR count). The number of aromatic nitrogens is 2. The molecule has 1 aromatic heterocycles. The molecule has 0 bridgehead atoms. The van der Waals surface area contributed by atoms with E-state index in [0.717, 1.165) is 24.3 Å². The SMILES string of the molecule is O=c1ccc2c(=O)c3nc4c(=O)ccc(=O)c4nc3c(=O)c2c1=O. The van der Waals surface area contributed by atoms with E-state index in [4.69, 9.17) is 0 Å². The molecule has 0 aliphatic rings. The molecule has 4 aromatic rings. The van der Waals surface area contributed by atoms with E-state index in [-0.39, 0.29) is 16.4 Å². The summed E-state index contributed by atoms with van der Waals surface area (Å²) in [5.74, 6) is 0. The number of benzene rings is 3. The first-order valence-corrected chi connectivity index (χ1v) is 6.69. The van der Waals surface area contributed by atoms with Crippen LogP contribution >= 0.6 is 0 Å². The topological polar surface area (TPSA) is 128 Å². The van der Waals surface area contributed by atoms with Crippen molar-refractivity contribution in [1.82, 2.24) is 9.97 Å². The highest BCUT2D eigenvalue weighted by Gasteiger charge is 2.18. The summed E-state index contributed by atoms with van der Waals surface area (Å²) in [5.41, 5.74) is -6.70. The average Bonchev–Trinajstić information content (AvgIpc) is 2.57. The fourth-order valence-electron chi connectivity index (χ4n) is 2.63. The Balaban J connectivity index is 2.48. The van der Waals surface area contributed by atoms with Gasteiger partial charge in [0.25, 0.3) is 0 Å². The first kappa shape index (κ1) is 13.9. The minimum Gasteiger partial charge on any atom is -0.287 e. The highest BCUT2D eigenvalue weighted by atomic mass is 16.2. The zero-order valence-electron chi connectivity index (χ0n) is 11.7. The molecule has 3 aromatic carbocycles. The van der Waals surface area contributed by atoms with Crippen LogP contribution in [0.25, 0.3) is 32.8 Å². The lowest BCUT2D eigenvalue weighted by Gasteiger charge is -2.00. The minimum absolute atomic E-state index is 0.267. The van der Waals surface area contributed by atoms with E-state index in [1.165, 1.54) is 0 Å². The van der Waals surface area contributed by atoms with Crippen LogP contribution in [-0.2, 0) is 0 Å². The molecule has 0 N–H and O–H groups in total. The number of hydrogen-bond donors (Lipinski definition) is 0. The molecule has 8 heteroatoms. The van der Waals surface area contributed by atoms with Gasteiger partial charge in [-0.2, -0.15) is 0 Å². The number of hydrogen-bond acceptors (Lipinski definition) is 8. The zero-order valence-corrected chi connectivity index (χ0v) is 11.7. The van der Waals surface area contributed by atoms with Gasteiger partial charge in [-0.3, -0.25) is 28.8 Å². The molecular formula is C16H4N2O6. The van der Waals surface area contributed by atoms with E-state index >= 15 is 0 Å². The molecule has 0 amide bonds. The Kier molecular flexibility index (Phi) is 2.57. The smallest absolute Gasteiger partial charge is 0.237 e. The lowest BCUT2D eigenvalue weighted by molar-refractivity contribution is 1.34.